The summed E-state index contributed by atoms with van der Waals surface area (Å²) in [6, 6.07) is 5.73. The number of aliphatic imine (C=N–C) groups is 1. The Morgan fingerprint density at radius 2 is 2.15 bits per heavy atom. The highest BCUT2D eigenvalue weighted by atomic mass is 16.1. The van der Waals surface area contributed by atoms with Crippen LogP contribution in [0.2, 0.25) is 0 Å². The molecule has 0 unspecified atom stereocenters. The smallest absolute Gasteiger partial charge is 0.240 e. The molecule has 0 fully saturated rings. The van der Waals surface area contributed by atoms with Crippen molar-refractivity contribution in [1.29, 1.82) is 0 Å². The van der Waals surface area contributed by atoms with E-state index >= 15 is 0 Å². The molecule has 0 amide bonds. The average Bonchev–Trinajstić information content (AvgIpc) is 2.18. The third-order valence-corrected chi connectivity index (χ3v) is 1.96. The van der Waals surface area contributed by atoms with E-state index in [0.717, 1.165) is 17.5 Å². The van der Waals surface area contributed by atoms with E-state index in [9.17, 15) is 4.79 Å². The van der Waals surface area contributed by atoms with Crippen molar-refractivity contribution in [2.75, 3.05) is 0 Å². The summed E-state index contributed by atoms with van der Waals surface area (Å²) in [5.41, 5.74) is 8.12. The fraction of sp³-hybridized carbons (Fsp3) is 0.300. The number of isocyanates is 1. The van der Waals surface area contributed by atoms with Crippen LogP contribution in [0.25, 0.3) is 0 Å². The topological polar surface area (TPSA) is 55.4 Å². The Kier molecular flexibility index (Phi) is 3.38. The minimum atomic E-state index is 0.397. The highest BCUT2D eigenvalue weighted by molar-refractivity contribution is 5.58. The Morgan fingerprint density at radius 3 is 2.69 bits per heavy atom. The lowest BCUT2D eigenvalue weighted by molar-refractivity contribution is 0.565. The molecule has 1 rings (SSSR count). The standard InChI is InChI=1S/C10H12N2O/c1-2-8-4-3-5-9(6-11)10(8)12-7-13/h3-5H,2,6,11H2,1H3. The van der Waals surface area contributed by atoms with Crippen LogP contribution in [0.1, 0.15) is 18.1 Å². The first kappa shape index (κ1) is 9.65. The predicted molar refractivity (Wildman–Crippen MR) is 51.5 cm³/mol. The molecule has 0 saturated carbocycles. The number of nitrogens with zero attached hydrogens (tertiary/aromatic N) is 1. The van der Waals surface area contributed by atoms with Crippen molar-refractivity contribution in [3.8, 4) is 0 Å². The van der Waals surface area contributed by atoms with Gasteiger partial charge in [-0.15, -0.1) is 0 Å². The number of aryl methyl sites for hydroxylation is 1. The summed E-state index contributed by atoms with van der Waals surface area (Å²) in [6.45, 7) is 2.41. The largest absolute Gasteiger partial charge is 0.326 e. The Hall–Kier alpha value is -1.44. The predicted octanol–water partition coefficient (Wildman–Crippen LogP) is 1.67. The van der Waals surface area contributed by atoms with Gasteiger partial charge in [0.15, 0.2) is 0 Å². The van der Waals surface area contributed by atoms with Crippen LogP contribution in [0, 0.1) is 0 Å². The van der Waals surface area contributed by atoms with E-state index in [4.69, 9.17) is 5.73 Å². The molecule has 3 nitrogen and oxygen atoms in total. The van der Waals surface area contributed by atoms with Crippen LogP contribution in [-0.4, -0.2) is 6.08 Å². The molecule has 0 aromatic heterocycles. The Bertz CT molecular complexity index is 319. The van der Waals surface area contributed by atoms with Gasteiger partial charge < -0.3 is 5.73 Å². The lowest BCUT2D eigenvalue weighted by Crippen LogP contribution is -1.98. The average molecular weight is 176 g/mol. The van der Waals surface area contributed by atoms with E-state index in [0.29, 0.717) is 12.2 Å². The molecule has 2 N–H and O–H groups in total. The van der Waals surface area contributed by atoms with E-state index in [1.165, 1.54) is 0 Å². The minimum Gasteiger partial charge on any atom is -0.326 e. The van der Waals surface area contributed by atoms with Crippen molar-refractivity contribution in [3.63, 3.8) is 0 Å². The summed E-state index contributed by atoms with van der Waals surface area (Å²) < 4.78 is 0. The number of carbonyl (C=O) groups excluding carboxylic acids is 1. The van der Waals surface area contributed by atoms with Crippen LogP contribution in [-0.2, 0) is 17.8 Å². The van der Waals surface area contributed by atoms with Crippen LogP contribution >= 0.6 is 0 Å². The van der Waals surface area contributed by atoms with Gasteiger partial charge in [-0.1, -0.05) is 25.1 Å². The van der Waals surface area contributed by atoms with Crippen LogP contribution in [0.15, 0.2) is 23.2 Å². The second-order valence-electron chi connectivity index (χ2n) is 2.69. The number of para-hydroxylation sites is 1. The lowest BCUT2D eigenvalue weighted by Gasteiger charge is -2.05. The minimum absolute atomic E-state index is 0.397. The molecule has 0 aliphatic rings. The molecular formula is C10H12N2O. The van der Waals surface area contributed by atoms with Gasteiger partial charge in [0.2, 0.25) is 6.08 Å². The normalized spacial score (nSPS) is 9.38. The number of benzene rings is 1. The third kappa shape index (κ3) is 2.02. The fourth-order valence-electron chi connectivity index (χ4n) is 1.28. The van der Waals surface area contributed by atoms with Gasteiger partial charge >= 0.3 is 0 Å². The number of hydrogen-bond donors (Lipinski definition) is 1. The van der Waals surface area contributed by atoms with Gasteiger partial charge in [-0.3, -0.25) is 0 Å². The fourth-order valence-corrected chi connectivity index (χ4v) is 1.28. The summed E-state index contributed by atoms with van der Waals surface area (Å²) in [5, 5.41) is 0. The zero-order valence-electron chi connectivity index (χ0n) is 7.58. The molecule has 1 aromatic rings. The third-order valence-electron chi connectivity index (χ3n) is 1.96. The quantitative estimate of drug-likeness (QED) is 0.562. The van der Waals surface area contributed by atoms with E-state index in [1.807, 2.05) is 25.1 Å². The Labute approximate surface area is 77.3 Å². The lowest BCUT2D eigenvalue weighted by atomic mass is 10.1. The van der Waals surface area contributed by atoms with Gasteiger partial charge in [-0.2, -0.15) is 4.99 Å². The molecule has 0 saturated heterocycles. The van der Waals surface area contributed by atoms with Gasteiger partial charge in [-0.25, -0.2) is 4.79 Å². The molecule has 0 aliphatic heterocycles. The summed E-state index contributed by atoms with van der Waals surface area (Å²) in [6.07, 6.45) is 2.39. The maximum atomic E-state index is 10.2. The van der Waals surface area contributed by atoms with Crippen LogP contribution in [0.5, 0.6) is 0 Å². The molecule has 3 heteroatoms. The van der Waals surface area contributed by atoms with Crippen molar-refractivity contribution < 1.29 is 4.79 Å². The monoisotopic (exact) mass is 176 g/mol. The highest BCUT2D eigenvalue weighted by Crippen LogP contribution is 2.23. The Morgan fingerprint density at radius 1 is 1.46 bits per heavy atom. The first-order valence-electron chi connectivity index (χ1n) is 4.22. The molecular weight excluding hydrogens is 164 g/mol. The highest BCUT2D eigenvalue weighted by Gasteiger charge is 2.03. The maximum absolute atomic E-state index is 10.2. The number of nitrogens with two attached hydrogens (primary N) is 1. The van der Waals surface area contributed by atoms with Crippen molar-refractivity contribution in [2.24, 2.45) is 10.7 Å². The zero-order valence-corrected chi connectivity index (χ0v) is 7.58. The first-order chi connectivity index (χ1) is 6.33. The first-order valence-corrected chi connectivity index (χ1v) is 4.22. The summed E-state index contributed by atoms with van der Waals surface area (Å²) >= 11 is 0. The summed E-state index contributed by atoms with van der Waals surface area (Å²) in [5.74, 6) is 0. The Balaban J connectivity index is 3.28. The molecule has 13 heavy (non-hydrogen) atoms. The molecule has 0 aliphatic carbocycles. The summed E-state index contributed by atoms with van der Waals surface area (Å²) in [4.78, 5) is 13.8. The zero-order chi connectivity index (χ0) is 9.68. The second-order valence-corrected chi connectivity index (χ2v) is 2.69. The van der Waals surface area contributed by atoms with Crippen molar-refractivity contribution in [1.82, 2.24) is 0 Å². The van der Waals surface area contributed by atoms with Gasteiger partial charge in [0, 0.05) is 6.54 Å². The van der Waals surface area contributed by atoms with Crippen LogP contribution in [0.3, 0.4) is 0 Å². The number of hydrogen-bond acceptors (Lipinski definition) is 3. The van der Waals surface area contributed by atoms with Crippen LogP contribution in [0.4, 0.5) is 5.69 Å². The van der Waals surface area contributed by atoms with Gasteiger partial charge in [0.25, 0.3) is 0 Å². The molecule has 0 spiro atoms. The second kappa shape index (κ2) is 4.55. The van der Waals surface area contributed by atoms with Crippen molar-refractivity contribution >= 4 is 11.8 Å². The van der Waals surface area contributed by atoms with Crippen molar-refractivity contribution in [2.45, 2.75) is 19.9 Å². The van der Waals surface area contributed by atoms with Gasteiger partial charge in [0.1, 0.15) is 0 Å². The van der Waals surface area contributed by atoms with Gasteiger partial charge in [0.05, 0.1) is 5.69 Å². The molecule has 68 valence electrons. The SMILES string of the molecule is CCc1cccc(CN)c1N=C=O. The molecule has 0 radical (unpaired) electrons. The van der Waals surface area contributed by atoms with Crippen molar-refractivity contribution in [3.05, 3.63) is 29.3 Å². The van der Waals surface area contributed by atoms with E-state index < -0.39 is 0 Å². The molecule has 0 bridgehead atoms. The maximum Gasteiger partial charge on any atom is 0.240 e. The molecule has 1 aromatic carbocycles. The van der Waals surface area contributed by atoms with Crippen LogP contribution < -0.4 is 5.73 Å². The molecule has 0 atom stereocenters. The molecule has 0 heterocycles. The van der Waals surface area contributed by atoms with Gasteiger partial charge in [-0.05, 0) is 17.5 Å². The van der Waals surface area contributed by atoms with E-state index in [-0.39, 0.29) is 0 Å². The summed E-state index contributed by atoms with van der Waals surface area (Å²) in [7, 11) is 0. The number of rotatable bonds is 3. The van der Waals surface area contributed by atoms with E-state index in [2.05, 4.69) is 4.99 Å². The van der Waals surface area contributed by atoms with E-state index in [1.54, 1.807) is 6.08 Å².